The predicted molar refractivity (Wildman–Crippen MR) is 109 cm³/mol. The smallest absolute Gasteiger partial charge is 0.264 e. The lowest BCUT2D eigenvalue weighted by Crippen LogP contribution is -2.32. The maximum Gasteiger partial charge on any atom is 0.264 e. The minimum absolute atomic E-state index is 0.105. The number of aryl methyl sites for hydroxylation is 1. The van der Waals surface area contributed by atoms with Gasteiger partial charge in [0.1, 0.15) is 17.3 Å². The first-order valence-corrected chi connectivity index (χ1v) is 10.2. The molecule has 3 aromatic rings. The van der Waals surface area contributed by atoms with Gasteiger partial charge in [0.25, 0.3) is 5.91 Å². The summed E-state index contributed by atoms with van der Waals surface area (Å²) in [5.74, 6) is 0.534. The van der Waals surface area contributed by atoms with Crippen LogP contribution in [0.2, 0.25) is 0 Å². The summed E-state index contributed by atoms with van der Waals surface area (Å²) in [5, 5.41) is 0.738. The van der Waals surface area contributed by atoms with Crippen LogP contribution < -0.4 is 4.74 Å². The fourth-order valence-electron chi connectivity index (χ4n) is 3.38. The Hall–Kier alpha value is -2.58. The zero-order valence-electron chi connectivity index (χ0n) is 16.6. The van der Waals surface area contributed by atoms with Gasteiger partial charge >= 0.3 is 0 Å². The number of nitrogens with zero attached hydrogens (tertiary/aromatic N) is 3. The van der Waals surface area contributed by atoms with Crippen LogP contribution in [-0.4, -0.2) is 41.0 Å². The second-order valence-electron chi connectivity index (χ2n) is 7.07. The van der Waals surface area contributed by atoms with Crippen molar-refractivity contribution in [2.24, 2.45) is 0 Å². The molecule has 1 aliphatic carbocycles. The van der Waals surface area contributed by atoms with Gasteiger partial charge in [-0.15, -0.1) is 11.3 Å². The molecule has 0 spiro atoms. The van der Waals surface area contributed by atoms with Crippen molar-refractivity contribution in [1.29, 1.82) is 0 Å². The van der Waals surface area contributed by atoms with Crippen LogP contribution in [0.15, 0.2) is 24.3 Å². The number of hydrogen-bond donors (Lipinski definition) is 0. The summed E-state index contributed by atoms with van der Waals surface area (Å²) in [6, 6.07) is 6.73. The molecule has 0 N–H and O–H groups in total. The van der Waals surface area contributed by atoms with E-state index in [-0.39, 0.29) is 30.9 Å². The number of halogens is 1. The minimum atomic E-state index is -0.296. The van der Waals surface area contributed by atoms with Gasteiger partial charge in [-0.1, -0.05) is 18.2 Å². The number of fused-ring (bicyclic) bond motifs is 1. The van der Waals surface area contributed by atoms with Crippen LogP contribution in [-0.2, 0) is 17.9 Å². The average molecular weight is 415 g/mol. The van der Waals surface area contributed by atoms with Gasteiger partial charge in [0, 0.05) is 25.3 Å². The molecule has 0 atom stereocenters. The van der Waals surface area contributed by atoms with E-state index in [0.717, 1.165) is 23.8 Å². The molecule has 2 heterocycles. The lowest BCUT2D eigenvalue weighted by molar-refractivity contribution is 0.0732. The molecule has 0 unspecified atom stereocenters. The fraction of sp³-hybridized carbons (Fsp3) is 0.381. The van der Waals surface area contributed by atoms with Crippen LogP contribution >= 0.6 is 11.3 Å². The summed E-state index contributed by atoms with van der Waals surface area (Å²) in [5.41, 5.74) is 1.31. The Labute approximate surface area is 172 Å². The first-order chi connectivity index (χ1) is 14.0. The van der Waals surface area contributed by atoms with Gasteiger partial charge in [0.05, 0.1) is 17.4 Å². The maximum absolute atomic E-state index is 14.2. The molecule has 1 saturated carbocycles. The Morgan fingerprint density at radius 2 is 2.03 bits per heavy atom. The lowest BCUT2D eigenvalue weighted by Gasteiger charge is -2.22. The number of aromatic nitrogens is 2. The molecule has 1 fully saturated rings. The second kappa shape index (κ2) is 8.04. The monoisotopic (exact) mass is 415 g/mol. The summed E-state index contributed by atoms with van der Waals surface area (Å²) in [7, 11) is 3.12. The number of rotatable bonds is 7. The summed E-state index contributed by atoms with van der Waals surface area (Å²) in [6.45, 7) is 2.39. The molecule has 0 radical (unpaired) electrons. The minimum Gasteiger partial charge on any atom is -0.480 e. The quantitative estimate of drug-likeness (QED) is 0.581. The first-order valence-electron chi connectivity index (χ1n) is 9.40. The van der Waals surface area contributed by atoms with Gasteiger partial charge in [-0.05, 0) is 31.4 Å². The number of thiophene rings is 1. The molecule has 152 valence electrons. The number of hydrogen-bond acceptors (Lipinski definition) is 6. The van der Waals surface area contributed by atoms with E-state index in [9.17, 15) is 9.18 Å². The first kappa shape index (κ1) is 19.7. The van der Waals surface area contributed by atoms with Crippen LogP contribution in [0.5, 0.6) is 5.88 Å². The molecular formula is C21H22FN3O3S. The van der Waals surface area contributed by atoms with Crippen molar-refractivity contribution in [2.75, 3.05) is 14.2 Å². The Morgan fingerprint density at radius 3 is 2.69 bits per heavy atom. The van der Waals surface area contributed by atoms with Gasteiger partial charge in [0.15, 0.2) is 5.82 Å². The van der Waals surface area contributed by atoms with Gasteiger partial charge in [-0.25, -0.2) is 9.37 Å². The van der Waals surface area contributed by atoms with Crippen LogP contribution in [0, 0.1) is 12.7 Å². The summed E-state index contributed by atoms with van der Waals surface area (Å²) in [6.07, 6.45) is 1.87. The Balaban J connectivity index is 1.73. The maximum atomic E-state index is 14.2. The highest BCUT2D eigenvalue weighted by atomic mass is 32.1. The Morgan fingerprint density at radius 1 is 1.28 bits per heavy atom. The number of amides is 1. The Bertz CT molecular complexity index is 1060. The standard InChI is InChI=1S/C21H22FN3O3S/c1-12-17-19(28-3)23-16(11-27-2)24-20(17)29-18(12)21(26)25(14-8-9-14)10-13-6-4-5-7-15(13)22/h4-7,14H,8-11H2,1-3H3. The number of benzene rings is 1. The number of methoxy groups -OCH3 is 2. The molecule has 8 heteroatoms. The highest BCUT2D eigenvalue weighted by Gasteiger charge is 2.35. The van der Waals surface area contributed by atoms with E-state index in [1.165, 1.54) is 17.4 Å². The number of carbonyl (C=O) groups excluding carboxylic acids is 1. The van der Waals surface area contributed by atoms with Crippen molar-refractivity contribution >= 4 is 27.5 Å². The number of ether oxygens (including phenoxy) is 2. The van der Waals surface area contributed by atoms with Crippen LogP contribution in [0.1, 0.15) is 39.5 Å². The van der Waals surface area contributed by atoms with Crippen molar-refractivity contribution in [1.82, 2.24) is 14.9 Å². The van der Waals surface area contributed by atoms with E-state index in [2.05, 4.69) is 9.97 Å². The zero-order chi connectivity index (χ0) is 20.5. The predicted octanol–water partition coefficient (Wildman–Crippen LogP) is 4.10. The SMILES string of the molecule is COCc1nc(OC)c2c(C)c(C(=O)N(Cc3ccccc3F)C3CC3)sc2n1. The van der Waals surface area contributed by atoms with E-state index >= 15 is 0 Å². The molecule has 1 aromatic carbocycles. The van der Waals surface area contributed by atoms with Crippen LogP contribution in [0.25, 0.3) is 10.2 Å². The van der Waals surface area contributed by atoms with Crippen LogP contribution in [0.4, 0.5) is 4.39 Å². The zero-order valence-corrected chi connectivity index (χ0v) is 17.4. The van der Waals surface area contributed by atoms with Crippen molar-refractivity contribution in [2.45, 2.75) is 39.0 Å². The van der Waals surface area contributed by atoms with E-state index in [0.29, 0.717) is 27.0 Å². The molecule has 1 amide bonds. The van der Waals surface area contributed by atoms with E-state index in [4.69, 9.17) is 9.47 Å². The third-order valence-electron chi connectivity index (χ3n) is 5.01. The molecule has 2 aromatic heterocycles. The molecule has 0 bridgehead atoms. The molecule has 1 aliphatic rings. The summed E-state index contributed by atoms with van der Waals surface area (Å²) >= 11 is 1.32. The van der Waals surface area contributed by atoms with Gasteiger partial charge < -0.3 is 14.4 Å². The largest absolute Gasteiger partial charge is 0.480 e. The fourth-order valence-corrected chi connectivity index (χ4v) is 4.53. The van der Waals surface area contributed by atoms with Crippen molar-refractivity contribution in [3.8, 4) is 5.88 Å². The van der Waals surface area contributed by atoms with Crippen molar-refractivity contribution in [3.63, 3.8) is 0 Å². The Kier molecular flexibility index (Phi) is 5.47. The molecule has 0 saturated heterocycles. The summed E-state index contributed by atoms with van der Waals surface area (Å²) < 4.78 is 24.8. The van der Waals surface area contributed by atoms with Crippen molar-refractivity contribution in [3.05, 3.63) is 51.9 Å². The summed E-state index contributed by atoms with van der Waals surface area (Å²) in [4.78, 5) is 25.4. The molecule has 0 aliphatic heterocycles. The molecule has 6 nitrogen and oxygen atoms in total. The second-order valence-corrected chi connectivity index (χ2v) is 8.07. The average Bonchev–Trinajstić information content (AvgIpc) is 3.50. The van der Waals surface area contributed by atoms with Gasteiger partial charge in [0.2, 0.25) is 5.88 Å². The van der Waals surface area contributed by atoms with Crippen LogP contribution in [0.3, 0.4) is 0 Å². The van der Waals surface area contributed by atoms with E-state index in [1.807, 2.05) is 6.92 Å². The van der Waals surface area contributed by atoms with E-state index < -0.39 is 0 Å². The molecule has 29 heavy (non-hydrogen) atoms. The highest BCUT2D eigenvalue weighted by molar-refractivity contribution is 7.20. The third-order valence-corrected chi connectivity index (χ3v) is 6.19. The van der Waals surface area contributed by atoms with Gasteiger partial charge in [-0.2, -0.15) is 4.98 Å². The normalized spacial score (nSPS) is 13.7. The topological polar surface area (TPSA) is 64.6 Å². The molecule has 4 rings (SSSR count). The molecular weight excluding hydrogens is 393 g/mol. The van der Waals surface area contributed by atoms with E-state index in [1.54, 1.807) is 37.3 Å². The lowest BCUT2D eigenvalue weighted by atomic mass is 10.1. The third kappa shape index (κ3) is 3.82. The van der Waals surface area contributed by atoms with Crippen molar-refractivity contribution < 1.29 is 18.7 Å². The van der Waals surface area contributed by atoms with Gasteiger partial charge in [-0.3, -0.25) is 4.79 Å². The highest BCUT2D eigenvalue weighted by Crippen LogP contribution is 2.38. The number of carbonyl (C=O) groups is 1.